The molecule has 0 bridgehead atoms. The lowest BCUT2D eigenvalue weighted by Crippen LogP contribution is -2.36. The second kappa shape index (κ2) is 7.79. The Labute approximate surface area is 154 Å². The first-order chi connectivity index (χ1) is 12.5. The van der Waals surface area contributed by atoms with Gasteiger partial charge in [0.1, 0.15) is 15.6 Å². The van der Waals surface area contributed by atoms with Gasteiger partial charge in [0.05, 0.1) is 30.4 Å². The Morgan fingerprint density at radius 1 is 1.42 bits per heavy atom. The minimum atomic E-state index is -0.423. The van der Waals surface area contributed by atoms with Gasteiger partial charge in [0.2, 0.25) is 0 Å². The number of nitrogens with zero attached hydrogens (tertiary/aromatic N) is 3. The maximum atomic E-state index is 12.0. The highest BCUT2D eigenvalue weighted by atomic mass is 32.1. The maximum Gasteiger partial charge on any atom is 0.350 e. The minimum absolute atomic E-state index is 0.0231. The van der Waals surface area contributed by atoms with Crippen molar-refractivity contribution in [3.8, 4) is 10.6 Å². The van der Waals surface area contributed by atoms with Crippen molar-refractivity contribution in [1.82, 2.24) is 4.98 Å². The predicted molar refractivity (Wildman–Crippen MR) is 97.9 cm³/mol. The second-order valence-corrected chi connectivity index (χ2v) is 6.71. The van der Waals surface area contributed by atoms with Crippen molar-refractivity contribution in [1.29, 1.82) is 0 Å². The molecular weight excluding hydrogens is 358 g/mol. The molecule has 3 rings (SSSR count). The molecule has 138 valence electrons. The lowest BCUT2D eigenvalue weighted by Gasteiger charge is -2.28. The number of esters is 1. The topological polar surface area (TPSA) is 94.8 Å². The molecule has 1 fully saturated rings. The predicted octanol–water partition coefficient (Wildman–Crippen LogP) is 3.04. The Morgan fingerprint density at radius 2 is 2.15 bits per heavy atom. The number of anilines is 1. The molecule has 0 N–H and O–H groups in total. The Hall–Kier alpha value is -2.52. The molecule has 1 saturated heterocycles. The van der Waals surface area contributed by atoms with Crippen LogP contribution in [-0.2, 0) is 9.47 Å². The van der Waals surface area contributed by atoms with Crippen LogP contribution in [0.3, 0.4) is 0 Å². The molecule has 0 aliphatic carbocycles. The van der Waals surface area contributed by atoms with Gasteiger partial charge >= 0.3 is 5.97 Å². The van der Waals surface area contributed by atoms with Crippen molar-refractivity contribution >= 4 is 28.7 Å². The second-order valence-electron chi connectivity index (χ2n) is 5.71. The Balaban J connectivity index is 1.96. The summed E-state index contributed by atoms with van der Waals surface area (Å²) >= 11 is 1.18. The maximum absolute atomic E-state index is 12.0. The van der Waals surface area contributed by atoms with Crippen molar-refractivity contribution in [3.05, 3.63) is 38.9 Å². The van der Waals surface area contributed by atoms with E-state index in [1.807, 2.05) is 4.90 Å². The fraction of sp³-hybridized carbons (Fsp3) is 0.412. The van der Waals surface area contributed by atoms with Gasteiger partial charge in [-0.25, -0.2) is 9.78 Å². The van der Waals surface area contributed by atoms with E-state index in [4.69, 9.17) is 9.47 Å². The molecule has 2 heterocycles. The number of ether oxygens (including phenoxy) is 2. The van der Waals surface area contributed by atoms with E-state index in [1.165, 1.54) is 17.4 Å². The van der Waals surface area contributed by atoms with Crippen LogP contribution in [0, 0.1) is 17.0 Å². The summed E-state index contributed by atoms with van der Waals surface area (Å²) in [6.45, 7) is 6.07. The van der Waals surface area contributed by atoms with Crippen molar-refractivity contribution in [3.63, 3.8) is 0 Å². The van der Waals surface area contributed by atoms with E-state index in [2.05, 4.69) is 4.98 Å². The number of hydrogen-bond acceptors (Lipinski definition) is 8. The molecule has 8 nitrogen and oxygen atoms in total. The van der Waals surface area contributed by atoms with Crippen LogP contribution in [0.25, 0.3) is 10.6 Å². The molecule has 0 saturated carbocycles. The van der Waals surface area contributed by atoms with E-state index in [0.717, 1.165) is 0 Å². The van der Waals surface area contributed by atoms with E-state index in [0.29, 0.717) is 53.1 Å². The molecule has 26 heavy (non-hydrogen) atoms. The summed E-state index contributed by atoms with van der Waals surface area (Å²) in [6.07, 6.45) is 0. The molecule has 1 aromatic carbocycles. The zero-order chi connectivity index (χ0) is 18.7. The first-order valence-corrected chi connectivity index (χ1v) is 9.09. The van der Waals surface area contributed by atoms with E-state index in [-0.39, 0.29) is 17.2 Å². The molecule has 1 aromatic heterocycles. The molecule has 1 aliphatic heterocycles. The molecule has 0 radical (unpaired) electrons. The van der Waals surface area contributed by atoms with E-state index in [1.54, 1.807) is 26.0 Å². The fourth-order valence-electron chi connectivity index (χ4n) is 2.78. The first kappa shape index (κ1) is 18.3. The summed E-state index contributed by atoms with van der Waals surface area (Å²) < 4.78 is 10.3. The van der Waals surface area contributed by atoms with Gasteiger partial charge in [0.25, 0.3) is 5.69 Å². The number of nitro groups is 1. The van der Waals surface area contributed by atoms with Gasteiger partial charge in [0.15, 0.2) is 0 Å². The third-order valence-electron chi connectivity index (χ3n) is 4.03. The highest BCUT2D eigenvalue weighted by molar-refractivity contribution is 7.17. The third-order valence-corrected chi connectivity index (χ3v) is 5.21. The number of nitro benzene ring substituents is 1. The van der Waals surface area contributed by atoms with Crippen LogP contribution in [0.1, 0.15) is 22.3 Å². The molecule has 0 amide bonds. The number of hydrogen-bond donors (Lipinski definition) is 0. The molecule has 9 heteroatoms. The molecular formula is C17H19N3O5S. The van der Waals surface area contributed by atoms with Gasteiger partial charge in [-0.2, -0.15) is 0 Å². The van der Waals surface area contributed by atoms with E-state index in [9.17, 15) is 14.9 Å². The van der Waals surface area contributed by atoms with Crippen LogP contribution in [-0.4, -0.2) is 48.8 Å². The smallest absolute Gasteiger partial charge is 0.350 e. The van der Waals surface area contributed by atoms with Gasteiger partial charge in [0, 0.05) is 24.7 Å². The van der Waals surface area contributed by atoms with Crippen molar-refractivity contribution in [2.24, 2.45) is 0 Å². The summed E-state index contributed by atoms with van der Waals surface area (Å²) in [4.78, 5) is 29.9. The number of aromatic nitrogens is 1. The number of carbonyl (C=O) groups is 1. The third kappa shape index (κ3) is 3.68. The first-order valence-electron chi connectivity index (χ1n) is 8.27. The van der Waals surface area contributed by atoms with Crippen LogP contribution in [0.15, 0.2) is 18.2 Å². The number of rotatable bonds is 5. The number of aryl methyl sites for hydroxylation is 1. The average molecular weight is 377 g/mol. The molecule has 2 aromatic rings. The van der Waals surface area contributed by atoms with Gasteiger partial charge in [-0.15, -0.1) is 11.3 Å². The largest absolute Gasteiger partial charge is 0.462 e. The number of morpholine rings is 1. The summed E-state index contributed by atoms with van der Waals surface area (Å²) in [5.41, 5.74) is 1.76. The van der Waals surface area contributed by atoms with Gasteiger partial charge in [-0.3, -0.25) is 10.1 Å². The van der Waals surface area contributed by atoms with Crippen molar-refractivity contribution < 1.29 is 19.2 Å². The van der Waals surface area contributed by atoms with Gasteiger partial charge < -0.3 is 14.4 Å². The van der Waals surface area contributed by atoms with Gasteiger partial charge in [-0.1, -0.05) is 0 Å². The van der Waals surface area contributed by atoms with Crippen molar-refractivity contribution in [2.45, 2.75) is 13.8 Å². The standard InChI is InChI=1S/C17H19N3O5S/c1-3-25-17(21)15-11(2)18-16(26-15)12-4-5-13(14(10-12)20(22)23)19-6-8-24-9-7-19/h4-5,10H,3,6-9H2,1-2H3. The molecule has 0 unspecified atom stereocenters. The lowest BCUT2D eigenvalue weighted by atomic mass is 10.1. The Bertz CT molecular complexity index is 830. The van der Waals surface area contributed by atoms with Crippen LogP contribution in [0.5, 0.6) is 0 Å². The quantitative estimate of drug-likeness (QED) is 0.449. The number of benzene rings is 1. The molecule has 0 spiro atoms. The number of carbonyl (C=O) groups excluding carboxylic acids is 1. The minimum Gasteiger partial charge on any atom is -0.462 e. The molecule has 0 atom stereocenters. The lowest BCUT2D eigenvalue weighted by molar-refractivity contribution is -0.384. The Kier molecular flexibility index (Phi) is 5.48. The SMILES string of the molecule is CCOC(=O)c1sc(-c2ccc(N3CCOCC3)c([N+](=O)[O-])c2)nc1C. The summed E-state index contributed by atoms with van der Waals surface area (Å²) in [5, 5.41) is 12.1. The van der Waals surface area contributed by atoms with Crippen LogP contribution in [0.4, 0.5) is 11.4 Å². The highest BCUT2D eigenvalue weighted by Crippen LogP contribution is 2.36. The molecule has 1 aliphatic rings. The van der Waals surface area contributed by atoms with Crippen LogP contribution in [0.2, 0.25) is 0 Å². The fourth-order valence-corrected chi connectivity index (χ4v) is 3.74. The normalized spacial score (nSPS) is 14.3. The number of thiazole rings is 1. The van der Waals surface area contributed by atoms with Crippen LogP contribution >= 0.6 is 11.3 Å². The highest BCUT2D eigenvalue weighted by Gasteiger charge is 2.24. The summed E-state index contributed by atoms with van der Waals surface area (Å²) in [5.74, 6) is -0.423. The van der Waals surface area contributed by atoms with E-state index < -0.39 is 5.97 Å². The monoisotopic (exact) mass is 377 g/mol. The summed E-state index contributed by atoms with van der Waals surface area (Å²) in [7, 11) is 0. The van der Waals surface area contributed by atoms with Gasteiger partial charge in [-0.05, 0) is 26.0 Å². The van der Waals surface area contributed by atoms with E-state index >= 15 is 0 Å². The van der Waals surface area contributed by atoms with Crippen molar-refractivity contribution in [2.75, 3.05) is 37.8 Å². The zero-order valence-corrected chi connectivity index (χ0v) is 15.4. The summed E-state index contributed by atoms with van der Waals surface area (Å²) in [6, 6.07) is 5.04. The van der Waals surface area contributed by atoms with Crippen LogP contribution < -0.4 is 4.90 Å². The average Bonchev–Trinajstić information content (AvgIpc) is 3.04. The Morgan fingerprint density at radius 3 is 2.81 bits per heavy atom. The zero-order valence-electron chi connectivity index (χ0n) is 14.6.